The fraction of sp³-hybridized carbons (Fsp3) is 0.300. The van der Waals surface area contributed by atoms with Crippen LogP contribution in [0.5, 0.6) is 0 Å². The van der Waals surface area contributed by atoms with Crippen LogP contribution in [0.25, 0.3) is 0 Å². The van der Waals surface area contributed by atoms with Crippen LogP contribution in [0.2, 0.25) is 0 Å². The number of benzene rings is 2. The van der Waals surface area contributed by atoms with Crippen molar-refractivity contribution in [2.75, 3.05) is 12.3 Å². The fourth-order valence-electron chi connectivity index (χ4n) is 2.46. The first-order chi connectivity index (χ1) is 12.5. The van der Waals surface area contributed by atoms with E-state index in [9.17, 15) is 14.0 Å². The van der Waals surface area contributed by atoms with Crippen LogP contribution in [-0.4, -0.2) is 35.1 Å². The number of rotatable bonds is 8. The first-order valence-electron chi connectivity index (χ1n) is 8.51. The highest BCUT2D eigenvalue weighted by molar-refractivity contribution is 8.00. The first-order valence-corrected chi connectivity index (χ1v) is 9.50. The van der Waals surface area contributed by atoms with E-state index in [0.29, 0.717) is 12.1 Å². The molecular formula is C20H23FN2O2S. The van der Waals surface area contributed by atoms with E-state index < -0.39 is 6.04 Å². The average molecular weight is 374 g/mol. The number of carbonyl (C=O) groups is 2. The Balaban J connectivity index is 2.14. The van der Waals surface area contributed by atoms with Crippen molar-refractivity contribution in [2.45, 2.75) is 31.3 Å². The number of carbonyl (C=O) groups excluding carboxylic acids is 2. The van der Waals surface area contributed by atoms with Crippen molar-refractivity contribution in [3.05, 3.63) is 66.0 Å². The number of amides is 2. The molecule has 0 aliphatic heterocycles. The van der Waals surface area contributed by atoms with Crippen LogP contribution >= 0.6 is 11.8 Å². The van der Waals surface area contributed by atoms with E-state index in [1.54, 1.807) is 25.1 Å². The van der Waals surface area contributed by atoms with E-state index in [-0.39, 0.29) is 29.9 Å². The Morgan fingerprint density at radius 3 is 2.42 bits per heavy atom. The third-order valence-corrected chi connectivity index (χ3v) is 4.92. The highest BCUT2D eigenvalue weighted by atomic mass is 32.2. The van der Waals surface area contributed by atoms with E-state index in [1.807, 2.05) is 37.3 Å². The van der Waals surface area contributed by atoms with E-state index in [1.165, 1.54) is 22.7 Å². The third kappa shape index (κ3) is 5.59. The van der Waals surface area contributed by atoms with Crippen molar-refractivity contribution in [1.82, 2.24) is 10.2 Å². The smallest absolute Gasteiger partial charge is 0.242 e. The largest absolute Gasteiger partial charge is 0.355 e. The maximum Gasteiger partial charge on any atom is 0.242 e. The lowest BCUT2D eigenvalue weighted by Crippen LogP contribution is -2.48. The number of hydrogen-bond donors (Lipinski definition) is 1. The molecule has 0 heterocycles. The summed E-state index contributed by atoms with van der Waals surface area (Å²) in [7, 11) is 0. The molecule has 2 rings (SSSR count). The molecule has 0 radical (unpaired) electrons. The molecule has 0 fully saturated rings. The molecule has 0 spiro atoms. The van der Waals surface area contributed by atoms with Crippen LogP contribution in [0.4, 0.5) is 4.39 Å². The van der Waals surface area contributed by atoms with E-state index >= 15 is 0 Å². The van der Waals surface area contributed by atoms with Gasteiger partial charge in [-0.1, -0.05) is 36.4 Å². The van der Waals surface area contributed by atoms with Gasteiger partial charge in [0, 0.05) is 23.5 Å². The van der Waals surface area contributed by atoms with Crippen LogP contribution in [0.1, 0.15) is 19.4 Å². The predicted molar refractivity (Wildman–Crippen MR) is 102 cm³/mol. The lowest BCUT2D eigenvalue weighted by molar-refractivity contribution is -0.138. The molecule has 0 aliphatic rings. The standard InChI is InChI=1S/C20H23FN2O2S/c1-3-22-20(25)15(2)23(13-16-9-7-8-12-18(16)21)19(24)14-26-17-10-5-4-6-11-17/h4-12,15H,3,13-14H2,1-2H3,(H,22,25)/t15-/m1/s1. The Bertz CT molecular complexity index is 740. The van der Waals surface area contributed by atoms with Crippen LogP contribution in [0.15, 0.2) is 59.5 Å². The molecule has 0 saturated carbocycles. The first kappa shape index (κ1) is 20.0. The Morgan fingerprint density at radius 1 is 1.12 bits per heavy atom. The fourth-order valence-corrected chi connectivity index (χ4v) is 3.26. The van der Waals surface area contributed by atoms with Gasteiger partial charge in [0.2, 0.25) is 11.8 Å². The monoisotopic (exact) mass is 374 g/mol. The second kappa shape index (κ2) is 9.97. The van der Waals surface area contributed by atoms with Gasteiger partial charge in [-0.25, -0.2) is 4.39 Å². The highest BCUT2D eigenvalue weighted by Crippen LogP contribution is 2.20. The quantitative estimate of drug-likeness (QED) is 0.720. The SMILES string of the molecule is CCNC(=O)[C@@H](C)N(Cc1ccccc1F)C(=O)CSc1ccccc1. The van der Waals surface area contributed by atoms with Crippen molar-refractivity contribution in [1.29, 1.82) is 0 Å². The van der Waals surface area contributed by atoms with Crippen molar-refractivity contribution in [3.63, 3.8) is 0 Å². The zero-order valence-electron chi connectivity index (χ0n) is 14.9. The average Bonchev–Trinajstić information content (AvgIpc) is 2.66. The molecule has 1 atom stereocenters. The van der Waals surface area contributed by atoms with Crippen LogP contribution in [0, 0.1) is 5.82 Å². The minimum absolute atomic E-state index is 0.0547. The number of nitrogens with one attached hydrogen (secondary N) is 1. The van der Waals surface area contributed by atoms with E-state index in [4.69, 9.17) is 0 Å². The second-order valence-corrected chi connectivity index (χ2v) is 6.83. The summed E-state index contributed by atoms with van der Waals surface area (Å²) >= 11 is 1.40. The van der Waals surface area contributed by atoms with Crippen LogP contribution in [0.3, 0.4) is 0 Å². The van der Waals surface area contributed by atoms with Gasteiger partial charge in [0.1, 0.15) is 11.9 Å². The topological polar surface area (TPSA) is 49.4 Å². The number of halogens is 1. The number of nitrogens with zero attached hydrogens (tertiary/aromatic N) is 1. The van der Waals surface area contributed by atoms with Gasteiger partial charge in [0.05, 0.1) is 5.75 Å². The van der Waals surface area contributed by atoms with Gasteiger partial charge in [-0.3, -0.25) is 9.59 Å². The molecule has 2 aromatic rings. The highest BCUT2D eigenvalue weighted by Gasteiger charge is 2.26. The van der Waals surface area contributed by atoms with Crippen molar-refractivity contribution in [3.8, 4) is 0 Å². The van der Waals surface area contributed by atoms with Crippen molar-refractivity contribution >= 4 is 23.6 Å². The molecule has 26 heavy (non-hydrogen) atoms. The van der Waals surface area contributed by atoms with Gasteiger partial charge >= 0.3 is 0 Å². The normalized spacial score (nSPS) is 11.7. The Labute approximate surface area is 157 Å². The number of likely N-dealkylation sites (N-methyl/N-ethyl adjacent to an activating group) is 1. The molecule has 1 N–H and O–H groups in total. The summed E-state index contributed by atoms with van der Waals surface area (Å²) in [4.78, 5) is 27.4. The van der Waals surface area contributed by atoms with Gasteiger partial charge in [0.25, 0.3) is 0 Å². The summed E-state index contributed by atoms with van der Waals surface area (Å²) in [5.41, 5.74) is 0.390. The Morgan fingerprint density at radius 2 is 1.77 bits per heavy atom. The maximum absolute atomic E-state index is 14.0. The predicted octanol–water partition coefficient (Wildman–Crippen LogP) is 3.47. The molecule has 6 heteroatoms. The Hall–Kier alpha value is -2.34. The molecule has 0 unspecified atom stereocenters. The summed E-state index contributed by atoms with van der Waals surface area (Å²) in [5.74, 6) is -0.658. The molecule has 2 amide bonds. The molecule has 2 aromatic carbocycles. The second-order valence-electron chi connectivity index (χ2n) is 5.79. The summed E-state index contributed by atoms with van der Waals surface area (Å²) in [6.45, 7) is 4.01. The molecule has 4 nitrogen and oxygen atoms in total. The van der Waals surface area contributed by atoms with E-state index in [0.717, 1.165) is 4.90 Å². The Kier molecular flexibility index (Phi) is 7.66. The van der Waals surface area contributed by atoms with Gasteiger partial charge < -0.3 is 10.2 Å². The van der Waals surface area contributed by atoms with Crippen LogP contribution in [-0.2, 0) is 16.1 Å². The van der Waals surface area contributed by atoms with Gasteiger partial charge in [0.15, 0.2) is 0 Å². The van der Waals surface area contributed by atoms with Crippen LogP contribution < -0.4 is 5.32 Å². The lowest BCUT2D eigenvalue weighted by Gasteiger charge is -2.28. The summed E-state index contributed by atoms with van der Waals surface area (Å²) in [6, 6.07) is 15.2. The molecule has 0 aromatic heterocycles. The summed E-state index contributed by atoms with van der Waals surface area (Å²) < 4.78 is 14.0. The zero-order valence-corrected chi connectivity index (χ0v) is 15.8. The number of hydrogen-bond acceptors (Lipinski definition) is 3. The zero-order chi connectivity index (χ0) is 18.9. The van der Waals surface area contributed by atoms with Gasteiger partial charge in [-0.05, 0) is 32.0 Å². The van der Waals surface area contributed by atoms with Crippen molar-refractivity contribution < 1.29 is 14.0 Å². The van der Waals surface area contributed by atoms with Gasteiger partial charge in [-0.2, -0.15) is 0 Å². The summed E-state index contributed by atoms with van der Waals surface area (Å²) in [5, 5.41) is 2.72. The lowest BCUT2D eigenvalue weighted by atomic mass is 10.1. The van der Waals surface area contributed by atoms with Crippen molar-refractivity contribution in [2.24, 2.45) is 0 Å². The minimum atomic E-state index is -0.682. The molecule has 0 aliphatic carbocycles. The third-order valence-electron chi connectivity index (χ3n) is 3.92. The molecule has 138 valence electrons. The molecular weight excluding hydrogens is 351 g/mol. The van der Waals surface area contributed by atoms with E-state index in [2.05, 4.69) is 5.32 Å². The summed E-state index contributed by atoms with van der Waals surface area (Å²) in [6.07, 6.45) is 0. The minimum Gasteiger partial charge on any atom is -0.355 e. The molecule has 0 saturated heterocycles. The molecule has 0 bridgehead atoms. The maximum atomic E-state index is 14.0. The van der Waals surface area contributed by atoms with Gasteiger partial charge in [-0.15, -0.1) is 11.8 Å². The number of thioether (sulfide) groups is 1.